The highest BCUT2D eigenvalue weighted by atomic mass is 35.5. The Morgan fingerprint density at radius 1 is 1.47 bits per heavy atom. The van der Waals surface area contributed by atoms with Crippen molar-refractivity contribution < 1.29 is 9.53 Å². The highest BCUT2D eigenvalue weighted by Gasteiger charge is 2.23. The molecule has 4 nitrogen and oxygen atoms in total. The van der Waals surface area contributed by atoms with Gasteiger partial charge in [0.1, 0.15) is 0 Å². The minimum atomic E-state index is -0.156. The highest BCUT2D eigenvalue weighted by molar-refractivity contribution is 6.44. The first-order valence-electron chi connectivity index (χ1n) is 6.14. The molecule has 2 N–H and O–H groups in total. The smallest absolute Gasteiger partial charge is 0.255 e. The summed E-state index contributed by atoms with van der Waals surface area (Å²) < 4.78 is 5.52. The quantitative estimate of drug-likeness (QED) is 0.812. The average molecular weight is 303 g/mol. The molecule has 1 heterocycles. The number of hydrogen-bond acceptors (Lipinski definition) is 3. The van der Waals surface area contributed by atoms with Crippen LogP contribution in [0.5, 0.6) is 0 Å². The van der Waals surface area contributed by atoms with E-state index < -0.39 is 0 Å². The van der Waals surface area contributed by atoms with Gasteiger partial charge in [0.25, 0.3) is 5.91 Å². The van der Waals surface area contributed by atoms with Crippen molar-refractivity contribution in [3.63, 3.8) is 0 Å². The Bertz CT molecular complexity index is 494. The van der Waals surface area contributed by atoms with Gasteiger partial charge in [-0.25, -0.2) is 0 Å². The molecule has 1 fully saturated rings. The second-order valence-electron chi connectivity index (χ2n) is 4.65. The number of benzene rings is 1. The Morgan fingerprint density at radius 3 is 2.95 bits per heavy atom. The first kappa shape index (κ1) is 14.4. The molecule has 6 heteroatoms. The van der Waals surface area contributed by atoms with Gasteiger partial charge >= 0.3 is 0 Å². The van der Waals surface area contributed by atoms with Crippen LogP contribution in [0.25, 0.3) is 0 Å². The van der Waals surface area contributed by atoms with E-state index in [0.29, 0.717) is 36.0 Å². The lowest BCUT2D eigenvalue weighted by Gasteiger charge is -2.23. The predicted molar refractivity (Wildman–Crippen MR) is 76.8 cm³/mol. The molecular weight excluding hydrogens is 287 g/mol. The van der Waals surface area contributed by atoms with Gasteiger partial charge in [-0.1, -0.05) is 23.2 Å². The number of nitrogens with two attached hydrogens (primary N) is 1. The Morgan fingerprint density at radius 2 is 2.21 bits per heavy atom. The van der Waals surface area contributed by atoms with E-state index in [2.05, 4.69) is 0 Å². The van der Waals surface area contributed by atoms with Crippen LogP contribution in [0.2, 0.25) is 10.0 Å². The summed E-state index contributed by atoms with van der Waals surface area (Å²) >= 11 is 12.0. The van der Waals surface area contributed by atoms with E-state index in [1.54, 1.807) is 11.0 Å². The zero-order valence-electron chi connectivity index (χ0n) is 10.7. The number of carbonyl (C=O) groups is 1. The third-order valence-corrected chi connectivity index (χ3v) is 3.82. The zero-order chi connectivity index (χ0) is 14.0. The van der Waals surface area contributed by atoms with Crippen LogP contribution in [0.1, 0.15) is 23.7 Å². The molecule has 2 rings (SSSR count). The summed E-state index contributed by atoms with van der Waals surface area (Å²) in [6.07, 6.45) is 0.825. The van der Waals surface area contributed by atoms with Gasteiger partial charge in [-0.2, -0.15) is 0 Å². The van der Waals surface area contributed by atoms with Crippen LogP contribution in [0.3, 0.4) is 0 Å². The summed E-state index contributed by atoms with van der Waals surface area (Å²) in [5.74, 6) is -0.156. The van der Waals surface area contributed by atoms with Crippen molar-refractivity contribution in [2.24, 2.45) is 0 Å². The average Bonchev–Trinajstić information content (AvgIpc) is 2.57. The Balaban J connectivity index is 2.28. The second kappa shape index (κ2) is 5.99. The third kappa shape index (κ3) is 3.32. The summed E-state index contributed by atoms with van der Waals surface area (Å²) in [6, 6.07) is 3.10. The Hall–Kier alpha value is -0.970. The fourth-order valence-corrected chi connectivity index (χ4v) is 2.53. The van der Waals surface area contributed by atoms with Gasteiger partial charge in [0.05, 0.1) is 21.7 Å². The summed E-state index contributed by atoms with van der Waals surface area (Å²) in [5.41, 5.74) is 6.49. The normalized spacial score (nSPS) is 20.2. The molecule has 0 bridgehead atoms. The lowest BCUT2D eigenvalue weighted by Crippen LogP contribution is -2.36. The molecule has 0 saturated carbocycles. The second-order valence-corrected chi connectivity index (χ2v) is 5.44. The van der Waals surface area contributed by atoms with Crippen molar-refractivity contribution in [1.82, 2.24) is 4.90 Å². The number of hydrogen-bond donors (Lipinski definition) is 1. The van der Waals surface area contributed by atoms with Gasteiger partial charge in [0, 0.05) is 25.4 Å². The number of amides is 1. The highest BCUT2D eigenvalue weighted by Crippen LogP contribution is 2.30. The molecule has 1 saturated heterocycles. The first-order valence-corrected chi connectivity index (χ1v) is 6.90. The number of carbonyl (C=O) groups excluding carboxylic acids is 1. The van der Waals surface area contributed by atoms with Crippen LogP contribution in [-0.4, -0.2) is 36.6 Å². The van der Waals surface area contributed by atoms with Gasteiger partial charge < -0.3 is 15.4 Å². The molecule has 1 unspecified atom stereocenters. The molecule has 0 aliphatic carbocycles. The minimum absolute atomic E-state index is 0.0155. The maximum absolute atomic E-state index is 12.5. The van der Waals surface area contributed by atoms with Crippen molar-refractivity contribution in [2.75, 3.05) is 25.4 Å². The van der Waals surface area contributed by atoms with E-state index in [1.165, 1.54) is 6.07 Å². The molecule has 0 spiro atoms. The molecule has 1 aliphatic heterocycles. The number of nitrogen functional groups attached to an aromatic ring is 1. The number of nitrogens with zero attached hydrogens (tertiary/aromatic N) is 1. The van der Waals surface area contributed by atoms with Crippen molar-refractivity contribution in [3.8, 4) is 0 Å². The van der Waals surface area contributed by atoms with E-state index in [1.807, 2.05) is 6.92 Å². The van der Waals surface area contributed by atoms with Gasteiger partial charge in [-0.15, -0.1) is 0 Å². The number of halogens is 2. The summed E-state index contributed by atoms with van der Waals surface area (Å²) in [5, 5.41) is 0.544. The molecule has 1 atom stereocenters. The third-order valence-electron chi connectivity index (χ3n) is 3.02. The van der Waals surface area contributed by atoms with Crippen LogP contribution in [0.15, 0.2) is 12.1 Å². The molecule has 104 valence electrons. The van der Waals surface area contributed by atoms with Gasteiger partial charge in [-0.3, -0.25) is 4.79 Å². The van der Waals surface area contributed by atoms with E-state index >= 15 is 0 Å². The molecule has 1 aromatic rings. The maximum atomic E-state index is 12.5. The summed E-state index contributed by atoms with van der Waals surface area (Å²) in [4.78, 5) is 14.2. The van der Waals surface area contributed by atoms with Crippen molar-refractivity contribution >= 4 is 34.8 Å². The van der Waals surface area contributed by atoms with Crippen molar-refractivity contribution in [1.29, 1.82) is 0 Å². The van der Waals surface area contributed by atoms with E-state index in [4.69, 9.17) is 33.7 Å². The van der Waals surface area contributed by atoms with Crippen LogP contribution < -0.4 is 5.73 Å². The van der Waals surface area contributed by atoms with Gasteiger partial charge in [-0.05, 0) is 25.5 Å². The first-order chi connectivity index (χ1) is 8.99. The zero-order valence-corrected chi connectivity index (χ0v) is 12.2. The van der Waals surface area contributed by atoms with Crippen molar-refractivity contribution in [2.45, 2.75) is 19.4 Å². The fraction of sp³-hybridized carbons (Fsp3) is 0.462. The van der Waals surface area contributed by atoms with Gasteiger partial charge in [0.2, 0.25) is 0 Å². The number of rotatable bonds is 1. The predicted octanol–water partition coefficient (Wildman–Crippen LogP) is 2.83. The molecule has 1 aliphatic rings. The molecule has 0 aromatic heterocycles. The largest absolute Gasteiger partial charge is 0.399 e. The lowest BCUT2D eigenvalue weighted by atomic mass is 10.1. The van der Waals surface area contributed by atoms with E-state index in [0.717, 1.165) is 6.42 Å². The van der Waals surface area contributed by atoms with Crippen molar-refractivity contribution in [3.05, 3.63) is 27.7 Å². The van der Waals surface area contributed by atoms with Gasteiger partial charge in [0.15, 0.2) is 0 Å². The van der Waals surface area contributed by atoms with Crippen LogP contribution in [0, 0.1) is 0 Å². The summed E-state index contributed by atoms with van der Waals surface area (Å²) in [6.45, 7) is 3.80. The molecule has 0 radical (unpaired) electrons. The van der Waals surface area contributed by atoms with Crippen LogP contribution in [-0.2, 0) is 4.74 Å². The van der Waals surface area contributed by atoms with Crippen LogP contribution in [0.4, 0.5) is 5.69 Å². The topological polar surface area (TPSA) is 55.6 Å². The van der Waals surface area contributed by atoms with Crippen LogP contribution >= 0.6 is 23.2 Å². The molecule has 1 amide bonds. The molecule has 1 aromatic carbocycles. The Kier molecular flexibility index (Phi) is 4.55. The monoisotopic (exact) mass is 302 g/mol. The van der Waals surface area contributed by atoms with E-state index in [9.17, 15) is 4.79 Å². The van der Waals surface area contributed by atoms with E-state index in [-0.39, 0.29) is 17.0 Å². The fourth-order valence-electron chi connectivity index (χ4n) is 2.11. The lowest BCUT2D eigenvalue weighted by molar-refractivity contribution is 0.0563. The summed E-state index contributed by atoms with van der Waals surface area (Å²) in [7, 11) is 0. The SMILES string of the molecule is CC1CN(C(=O)c2cc(N)cc(Cl)c2Cl)CCCO1. The number of anilines is 1. The number of ether oxygens (including phenoxy) is 1. The minimum Gasteiger partial charge on any atom is -0.399 e. The molecular formula is C13H16Cl2N2O2. The standard InChI is InChI=1S/C13H16Cl2N2O2/c1-8-7-17(3-2-4-19-8)13(18)10-5-9(16)6-11(14)12(10)15/h5-6,8H,2-4,7,16H2,1H3. The Labute approximate surface area is 122 Å². The molecule has 19 heavy (non-hydrogen) atoms. The maximum Gasteiger partial charge on any atom is 0.255 e.